The van der Waals surface area contributed by atoms with Gasteiger partial charge in [-0.25, -0.2) is 8.42 Å². The van der Waals surface area contributed by atoms with E-state index < -0.39 is 10.0 Å². The Morgan fingerprint density at radius 3 is 2.41 bits per heavy atom. The highest BCUT2D eigenvalue weighted by atomic mass is 32.2. The minimum absolute atomic E-state index is 0.0158. The van der Waals surface area contributed by atoms with Crippen molar-refractivity contribution in [2.24, 2.45) is 0 Å². The lowest BCUT2D eigenvalue weighted by Crippen LogP contribution is -2.36. The van der Waals surface area contributed by atoms with Crippen molar-refractivity contribution in [3.05, 3.63) is 108 Å². The van der Waals surface area contributed by atoms with Crippen LogP contribution in [0.4, 0.5) is 5.69 Å². The molecule has 160 valence electrons. The van der Waals surface area contributed by atoms with Crippen molar-refractivity contribution in [1.82, 2.24) is 4.90 Å². The molecule has 1 N–H and O–H groups in total. The summed E-state index contributed by atoms with van der Waals surface area (Å²) in [7, 11) is -3.77. The number of nitrogens with one attached hydrogen (secondary N) is 1. The van der Waals surface area contributed by atoms with Crippen LogP contribution in [-0.2, 0) is 23.0 Å². The fourth-order valence-electron chi connectivity index (χ4n) is 4.20. The number of benzene rings is 4. The average Bonchev–Trinajstić information content (AvgIpc) is 2.83. The lowest BCUT2D eigenvalue weighted by atomic mass is 9.98. The molecule has 4 aromatic carbocycles. The third-order valence-corrected chi connectivity index (χ3v) is 7.26. The Kier molecular flexibility index (Phi) is 5.15. The largest absolute Gasteiger partial charge is 0.334 e. The van der Waals surface area contributed by atoms with E-state index in [0.29, 0.717) is 29.7 Å². The topological polar surface area (TPSA) is 66.5 Å². The Morgan fingerprint density at radius 1 is 0.812 bits per heavy atom. The molecule has 0 aromatic heterocycles. The highest BCUT2D eigenvalue weighted by molar-refractivity contribution is 7.93. The number of hydrogen-bond acceptors (Lipinski definition) is 3. The van der Waals surface area contributed by atoms with Crippen molar-refractivity contribution in [2.75, 3.05) is 11.3 Å². The zero-order chi connectivity index (χ0) is 22.1. The van der Waals surface area contributed by atoms with Crippen LogP contribution < -0.4 is 4.72 Å². The van der Waals surface area contributed by atoms with Crippen molar-refractivity contribution >= 4 is 32.4 Å². The van der Waals surface area contributed by atoms with Gasteiger partial charge in [-0.15, -0.1) is 0 Å². The van der Waals surface area contributed by atoms with Gasteiger partial charge in [-0.2, -0.15) is 0 Å². The molecule has 1 heterocycles. The molecule has 0 radical (unpaired) electrons. The number of amides is 1. The van der Waals surface area contributed by atoms with Crippen LogP contribution in [0.3, 0.4) is 0 Å². The summed E-state index contributed by atoms with van der Waals surface area (Å²) in [6.07, 6.45) is 0.740. The predicted octanol–water partition coefficient (Wildman–Crippen LogP) is 4.84. The van der Waals surface area contributed by atoms with Gasteiger partial charge in [0.15, 0.2) is 0 Å². The van der Waals surface area contributed by atoms with Crippen LogP contribution in [0, 0.1) is 0 Å². The molecule has 0 saturated carbocycles. The number of hydrogen-bond donors (Lipinski definition) is 1. The summed E-state index contributed by atoms with van der Waals surface area (Å²) in [6, 6.07) is 27.5. The lowest BCUT2D eigenvalue weighted by Gasteiger charge is -2.29. The molecule has 1 amide bonds. The summed E-state index contributed by atoms with van der Waals surface area (Å²) in [4.78, 5) is 14.9. The minimum Gasteiger partial charge on any atom is -0.334 e. The van der Waals surface area contributed by atoms with E-state index in [1.807, 2.05) is 72.8 Å². The molecular formula is C26H22N2O3S. The smallest absolute Gasteiger partial charge is 0.262 e. The molecule has 5 nitrogen and oxygen atoms in total. The number of rotatable bonds is 4. The Labute approximate surface area is 187 Å². The van der Waals surface area contributed by atoms with Gasteiger partial charge in [-0.3, -0.25) is 9.52 Å². The third kappa shape index (κ3) is 3.85. The number of fused-ring (bicyclic) bond motifs is 2. The van der Waals surface area contributed by atoms with Crippen LogP contribution in [0.15, 0.2) is 95.9 Å². The highest BCUT2D eigenvalue weighted by Crippen LogP contribution is 2.28. The Balaban J connectivity index is 1.41. The second kappa shape index (κ2) is 8.13. The van der Waals surface area contributed by atoms with E-state index in [1.54, 1.807) is 23.1 Å². The first kappa shape index (κ1) is 20.3. The Bertz CT molecular complexity index is 1410. The van der Waals surface area contributed by atoms with Crippen LogP contribution in [-0.4, -0.2) is 25.8 Å². The fourth-order valence-corrected chi connectivity index (χ4v) is 5.48. The van der Waals surface area contributed by atoms with Crippen LogP contribution >= 0.6 is 0 Å². The van der Waals surface area contributed by atoms with Crippen molar-refractivity contribution in [3.63, 3.8) is 0 Å². The molecule has 0 spiro atoms. The summed E-state index contributed by atoms with van der Waals surface area (Å²) < 4.78 is 29.1. The Morgan fingerprint density at radius 2 is 1.56 bits per heavy atom. The summed E-state index contributed by atoms with van der Waals surface area (Å²) >= 11 is 0. The van der Waals surface area contributed by atoms with Crippen molar-refractivity contribution in [2.45, 2.75) is 17.9 Å². The van der Waals surface area contributed by atoms with Crippen LogP contribution in [0.2, 0.25) is 0 Å². The maximum absolute atomic E-state index is 13.2. The van der Waals surface area contributed by atoms with Crippen molar-refractivity contribution in [1.29, 1.82) is 0 Å². The normalized spacial score (nSPS) is 13.6. The van der Waals surface area contributed by atoms with Gasteiger partial charge >= 0.3 is 0 Å². The van der Waals surface area contributed by atoms with E-state index in [0.717, 1.165) is 22.9 Å². The first-order valence-electron chi connectivity index (χ1n) is 10.5. The lowest BCUT2D eigenvalue weighted by molar-refractivity contribution is 0.0734. The van der Waals surface area contributed by atoms with Gasteiger partial charge in [0.25, 0.3) is 15.9 Å². The number of anilines is 1. The molecule has 0 bridgehead atoms. The molecule has 5 rings (SSSR count). The first-order valence-corrected chi connectivity index (χ1v) is 12.0. The maximum Gasteiger partial charge on any atom is 0.262 e. The zero-order valence-corrected chi connectivity index (χ0v) is 18.2. The molecule has 0 aliphatic carbocycles. The molecule has 0 fully saturated rings. The Hall–Kier alpha value is -3.64. The molecule has 6 heteroatoms. The molecule has 4 aromatic rings. The molecule has 0 saturated heterocycles. The maximum atomic E-state index is 13.2. The van der Waals surface area contributed by atoms with Gasteiger partial charge in [0.2, 0.25) is 0 Å². The van der Waals surface area contributed by atoms with Gasteiger partial charge in [0.1, 0.15) is 0 Å². The molecule has 1 aliphatic rings. The highest BCUT2D eigenvalue weighted by Gasteiger charge is 2.23. The van der Waals surface area contributed by atoms with Crippen molar-refractivity contribution in [3.8, 4) is 0 Å². The predicted molar refractivity (Wildman–Crippen MR) is 126 cm³/mol. The average molecular weight is 443 g/mol. The van der Waals surface area contributed by atoms with Crippen molar-refractivity contribution < 1.29 is 13.2 Å². The van der Waals surface area contributed by atoms with E-state index in [2.05, 4.69) is 4.72 Å². The zero-order valence-electron chi connectivity index (χ0n) is 17.4. The van der Waals surface area contributed by atoms with Crippen LogP contribution in [0.5, 0.6) is 0 Å². The second-order valence-electron chi connectivity index (χ2n) is 7.91. The van der Waals surface area contributed by atoms with Gasteiger partial charge in [0, 0.05) is 29.7 Å². The molecular weight excluding hydrogens is 420 g/mol. The van der Waals surface area contributed by atoms with Gasteiger partial charge < -0.3 is 4.90 Å². The number of carbonyl (C=O) groups is 1. The molecule has 0 unspecified atom stereocenters. The van der Waals surface area contributed by atoms with E-state index >= 15 is 0 Å². The monoisotopic (exact) mass is 442 g/mol. The number of carbonyl (C=O) groups excluding carboxylic acids is 1. The van der Waals surface area contributed by atoms with E-state index in [1.165, 1.54) is 0 Å². The summed E-state index contributed by atoms with van der Waals surface area (Å²) in [5.41, 5.74) is 3.24. The minimum atomic E-state index is -3.77. The number of nitrogens with zero attached hydrogens (tertiary/aromatic N) is 1. The van der Waals surface area contributed by atoms with E-state index in [4.69, 9.17) is 0 Å². The second-order valence-corrected chi connectivity index (χ2v) is 9.56. The van der Waals surface area contributed by atoms with Gasteiger partial charge in [0.05, 0.1) is 4.90 Å². The standard InChI is InChI=1S/C26H22N2O3S/c29-26(21-8-2-1-3-9-21)28-16-15-19-13-14-23(17-22(19)18-28)27-32(30,31)25-12-6-10-20-7-4-5-11-24(20)25/h1-14,17,27H,15-16,18H2. The van der Waals surface area contributed by atoms with Gasteiger partial charge in [-0.05, 0) is 53.3 Å². The van der Waals surface area contributed by atoms with Crippen LogP contribution in [0.25, 0.3) is 10.8 Å². The van der Waals surface area contributed by atoms with Crippen LogP contribution in [0.1, 0.15) is 21.5 Å². The molecule has 32 heavy (non-hydrogen) atoms. The summed E-state index contributed by atoms with van der Waals surface area (Å²) in [5, 5.41) is 1.55. The third-order valence-electron chi connectivity index (χ3n) is 5.82. The summed E-state index contributed by atoms with van der Waals surface area (Å²) in [5.74, 6) is -0.0158. The molecule has 1 aliphatic heterocycles. The fraction of sp³-hybridized carbons (Fsp3) is 0.115. The quantitative estimate of drug-likeness (QED) is 0.492. The summed E-state index contributed by atoms with van der Waals surface area (Å²) in [6.45, 7) is 1.09. The first-order chi connectivity index (χ1) is 15.5. The van der Waals surface area contributed by atoms with E-state index in [-0.39, 0.29) is 10.8 Å². The van der Waals surface area contributed by atoms with Gasteiger partial charge in [-0.1, -0.05) is 60.7 Å². The van der Waals surface area contributed by atoms with E-state index in [9.17, 15) is 13.2 Å². The number of sulfonamides is 1. The SMILES string of the molecule is O=C(c1ccccc1)N1CCc2ccc(NS(=O)(=O)c3cccc4ccccc34)cc2C1. The molecule has 0 atom stereocenters.